The molecule has 1 aliphatic rings. The van der Waals surface area contributed by atoms with Crippen molar-refractivity contribution in [3.05, 3.63) is 29.6 Å². The van der Waals surface area contributed by atoms with Crippen LogP contribution in [0.15, 0.2) is 18.2 Å². The Morgan fingerprint density at radius 2 is 2.18 bits per heavy atom. The molecule has 2 rings (SSSR count). The standard InChI is InChI=1S/C14H21FN2/c1-3-11(16)9-10-5-4-6-13(15)14(10)17(2)12-7-8-12/h4-6,11-12H,3,7-9,16H2,1-2H3. The first kappa shape index (κ1) is 12.4. The molecule has 0 amide bonds. The van der Waals surface area contributed by atoms with Crippen LogP contribution in [0, 0.1) is 5.82 Å². The third-order valence-corrected chi connectivity index (χ3v) is 3.52. The summed E-state index contributed by atoms with van der Waals surface area (Å²) in [7, 11) is 1.98. The van der Waals surface area contributed by atoms with Gasteiger partial charge in [0.05, 0.1) is 5.69 Å². The zero-order valence-corrected chi connectivity index (χ0v) is 10.6. The van der Waals surface area contributed by atoms with Gasteiger partial charge in [-0.2, -0.15) is 0 Å². The summed E-state index contributed by atoms with van der Waals surface area (Å²) in [5.41, 5.74) is 7.76. The van der Waals surface area contributed by atoms with Gasteiger partial charge in [0, 0.05) is 19.1 Å². The van der Waals surface area contributed by atoms with Crippen molar-refractivity contribution >= 4 is 5.69 Å². The Morgan fingerprint density at radius 1 is 1.47 bits per heavy atom. The Kier molecular flexibility index (Phi) is 3.67. The van der Waals surface area contributed by atoms with E-state index >= 15 is 0 Å². The topological polar surface area (TPSA) is 29.3 Å². The van der Waals surface area contributed by atoms with Crippen LogP contribution in [-0.4, -0.2) is 19.1 Å². The molecule has 2 N–H and O–H groups in total. The lowest BCUT2D eigenvalue weighted by Gasteiger charge is -2.24. The highest BCUT2D eigenvalue weighted by molar-refractivity contribution is 5.56. The quantitative estimate of drug-likeness (QED) is 0.851. The van der Waals surface area contributed by atoms with Crippen molar-refractivity contribution in [2.24, 2.45) is 5.73 Å². The summed E-state index contributed by atoms with van der Waals surface area (Å²) >= 11 is 0. The Balaban J connectivity index is 2.26. The van der Waals surface area contributed by atoms with Gasteiger partial charge in [-0.25, -0.2) is 4.39 Å². The second-order valence-corrected chi connectivity index (χ2v) is 4.96. The predicted molar refractivity (Wildman–Crippen MR) is 69.8 cm³/mol. The van der Waals surface area contributed by atoms with Crippen LogP contribution in [0.4, 0.5) is 10.1 Å². The van der Waals surface area contributed by atoms with Crippen molar-refractivity contribution in [1.82, 2.24) is 0 Å². The lowest BCUT2D eigenvalue weighted by molar-refractivity contribution is 0.608. The molecule has 1 aromatic rings. The van der Waals surface area contributed by atoms with Crippen LogP contribution in [0.1, 0.15) is 31.7 Å². The number of halogens is 1. The number of rotatable bonds is 5. The van der Waals surface area contributed by atoms with E-state index in [1.165, 1.54) is 18.9 Å². The number of benzene rings is 1. The molecule has 94 valence electrons. The van der Waals surface area contributed by atoms with E-state index < -0.39 is 0 Å². The van der Waals surface area contributed by atoms with E-state index in [0.717, 1.165) is 24.1 Å². The minimum Gasteiger partial charge on any atom is -0.369 e. The van der Waals surface area contributed by atoms with E-state index in [4.69, 9.17) is 5.73 Å². The molecule has 0 saturated heterocycles. The van der Waals surface area contributed by atoms with Gasteiger partial charge in [0.2, 0.25) is 0 Å². The average Bonchev–Trinajstić information content (AvgIpc) is 3.12. The molecule has 0 radical (unpaired) electrons. The first-order chi connectivity index (χ1) is 8.13. The Bertz CT molecular complexity index is 388. The lowest BCUT2D eigenvalue weighted by Crippen LogP contribution is -2.26. The van der Waals surface area contributed by atoms with Gasteiger partial charge in [-0.1, -0.05) is 19.1 Å². The van der Waals surface area contributed by atoms with Crippen LogP contribution < -0.4 is 10.6 Å². The molecule has 1 aliphatic carbocycles. The van der Waals surface area contributed by atoms with Crippen molar-refractivity contribution in [3.8, 4) is 0 Å². The average molecular weight is 236 g/mol. The van der Waals surface area contributed by atoms with Crippen LogP contribution in [0.3, 0.4) is 0 Å². The van der Waals surface area contributed by atoms with Gasteiger partial charge < -0.3 is 10.6 Å². The number of nitrogens with zero attached hydrogens (tertiary/aromatic N) is 1. The van der Waals surface area contributed by atoms with Crippen molar-refractivity contribution in [2.75, 3.05) is 11.9 Å². The van der Waals surface area contributed by atoms with Crippen molar-refractivity contribution < 1.29 is 4.39 Å². The van der Waals surface area contributed by atoms with Gasteiger partial charge >= 0.3 is 0 Å². The first-order valence-corrected chi connectivity index (χ1v) is 6.39. The SMILES string of the molecule is CCC(N)Cc1cccc(F)c1N(C)C1CC1. The molecule has 2 nitrogen and oxygen atoms in total. The molecule has 3 heteroatoms. The molecule has 0 bridgehead atoms. The number of hydrogen-bond donors (Lipinski definition) is 1. The van der Waals surface area contributed by atoms with E-state index in [1.807, 2.05) is 13.1 Å². The molecule has 0 spiro atoms. The molecule has 1 aromatic carbocycles. The minimum atomic E-state index is -0.125. The summed E-state index contributed by atoms with van der Waals surface area (Å²) in [6.45, 7) is 2.06. The third kappa shape index (κ3) is 2.78. The number of para-hydroxylation sites is 1. The zero-order valence-electron chi connectivity index (χ0n) is 10.6. The van der Waals surface area contributed by atoms with Crippen molar-refractivity contribution in [3.63, 3.8) is 0 Å². The molecule has 1 atom stereocenters. The van der Waals surface area contributed by atoms with Gasteiger partial charge in [-0.05, 0) is 37.3 Å². The maximum Gasteiger partial charge on any atom is 0.146 e. The summed E-state index contributed by atoms with van der Waals surface area (Å²) in [5.74, 6) is -0.125. The summed E-state index contributed by atoms with van der Waals surface area (Å²) in [5, 5.41) is 0. The van der Waals surface area contributed by atoms with Crippen LogP contribution in [0.5, 0.6) is 0 Å². The second kappa shape index (κ2) is 5.05. The highest BCUT2D eigenvalue weighted by atomic mass is 19.1. The molecule has 0 aliphatic heterocycles. The van der Waals surface area contributed by atoms with E-state index in [0.29, 0.717) is 6.04 Å². The van der Waals surface area contributed by atoms with Crippen LogP contribution in [0.2, 0.25) is 0 Å². The first-order valence-electron chi connectivity index (χ1n) is 6.39. The van der Waals surface area contributed by atoms with E-state index in [1.54, 1.807) is 6.07 Å². The fourth-order valence-corrected chi connectivity index (χ4v) is 2.19. The predicted octanol–water partition coefficient (Wildman–Crippen LogP) is 2.70. The highest BCUT2D eigenvalue weighted by Crippen LogP contribution is 2.34. The van der Waals surface area contributed by atoms with Gasteiger partial charge in [0.15, 0.2) is 0 Å². The van der Waals surface area contributed by atoms with E-state index in [9.17, 15) is 4.39 Å². The summed E-state index contributed by atoms with van der Waals surface area (Å²) in [6.07, 6.45) is 4.01. The molecule has 1 saturated carbocycles. The Hall–Kier alpha value is -1.09. The molecule has 1 unspecified atom stereocenters. The van der Waals surface area contributed by atoms with Crippen molar-refractivity contribution in [1.29, 1.82) is 0 Å². The monoisotopic (exact) mass is 236 g/mol. The highest BCUT2D eigenvalue weighted by Gasteiger charge is 2.29. The Labute approximate surface area is 103 Å². The van der Waals surface area contributed by atoms with Crippen LogP contribution >= 0.6 is 0 Å². The van der Waals surface area contributed by atoms with Gasteiger partial charge in [-0.3, -0.25) is 0 Å². The molecule has 17 heavy (non-hydrogen) atoms. The van der Waals surface area contributed by atoms with Gasteiger partial charge in [-0.15, -0.1) is 0 Å². The normalized spacial score (nSPS) is 16.9. The summed E-state index contributed by atoms with van der Waals surface area (Å²) in [4.78, 5) is 2.08. The maximum atomic E-state index is 14.0. The zero-order chi connectivity index (χ0) is 12.4. The van der Waals surface area contributed by atoms with Crippen LogP contribution in [0.25, 0.3) is 0 Å². The molecule has 0 aromatic heterocycles. The van der Waals surface area contributed by atoms with E-state index in [2.05, 4.69) is 11.8 Å². The molecular formula is C14H21FN2. The lowest BCUT2D eigenvalue weighted by atomic mass is 10.0. The largest absolute Gasteiger partial charge is 0.369 e. The third-order valence-electron chi connectivity index (χ3n) is 3.52. The van der Waals surface area contributed by atoms with Crippen molar-refractivity contribution in [2.45, 2.75) is 44.7 Å². The maximum absolute atomic E-state index is 14.0. The van der Waals surface area contributed by atoms with Gasteiger partial charge in [0.25, 0.3) is 0 Å². The second-order valence-electron chi connectivity index (χ2n) is 4.96. The van der Waals surface area contributed by atoms with Gasteiger partial charge in [0.1, 0.15) is 5.82 Å². The summed E-state index contributed by atoms with van der Waals surface area (Å²) in [6, 6.07) is 5.94. The minimum absolute atomic E-state index is 0.114. The Morgan fingerprint density at radius 3 is 2.76 bits per heavy atom. The number of hydrogen-bond acceptors (Lipinski definition) is 2. The fourth-order valence-electron chi connectivity index (χ4n) is 2.19. The van der Waals surface area contributed by atoms with E-state index in [-0.39, 0.29) is 11.9 Å². The van der Waals surface area contributed by atoms with Crippen LogP contribution in [-0.2, 0) is 6.42 Å². The smallest absolute Gasteiger partial charge is 0.146 e. The number of nitrogens with two attached hydrogens (primary N) is 1. The molecule has 1 fully saturated rings. The fraction of sp³-hybridized carbons (Fsp3) is 0.571. The summed E-state index contributed by atoms with van der Waals surface area (Å²) < 4.78 is 14.0. The molecular weight excluding hydrogens is 215 g/mol. The molecule has 0 heterocycles. The number of anilines is 1.